The number of benzene rings is 1. The number of aromatic nitrogens is 1. The third-order valence-electron chi connectivity index (χ3n) is 3.22. The van der Waals surface area contributed by atoms with E-state index in [1.807, 2.05) is 50.2 Å². The maximum atomic E-state index is 12.1. The molecular weight excluding hydrogens is 284 g/mol. The Morgan fingerprint density at radius 3 is 2.19 bits per heavy atom. The molecule has 1 heterocycles. The van der Waals surface area contributed by atoms with Crippen molar-refractivity contribution in [3.63, 3.8) is 0 Å². The second-order valence-electron chi connectivity index (χ2n) is 5.06. The summed E-state index contributed by atoms with van der Waals surface area (Å²) in [6.45, 7) is 3.86. The molecule has 1 aromatic heterocycles. The van der Waals surface area contributed by atoms with Gasteiger partial charge in [0.25, 0.3) is 0 Å². The van der Waals surface area contributed by atoms with Gasteiger partial charge >= 0.3 is 0 Å². The minimum absolute atomic E-state index is 0.125. The quantitative estimate of drug-likeness (QED) is 0.892. The molecule has 0 amide bonds. The molecular formula is C16H20N2O2S. The summed E-state index contributed by atoms with van der Waals surface area (Å²) in [5, 5.41) is 0. The number of nitrogens with one attached hydrogen (secondary N) is 1. The second kappa shape index (κ2) is 6.83. The predicted molar refractivity (Wildman–Crippen MR) is 84.5 cm³/mol. The molecule has 21 heavy (non-hydrogen) atoms. The number of hydrogen-bond acceptors (Lipinski definition) is 3. The van der Waals surface area contributed by atoms with Crippen LogP contribution in [0.15, 0.2) is 48.8 Å². The number of nitrogens with zero attached hydrogens (tertiary/aromatic N) is 1. The van der Waals surface area contributed by atoms with E-state index < -0.39 is 10.0 Å². The minimum atomic E-state index is -3.31. The molecule has 1 atom stereocenters. The van der Waals surface area contributed by atoms with Crippen LogP contribution in [0.2, 0.25) is 0 Å². The van der Waals surface area contributed by atoms with Crippen LogP contribution in [0.4, 0.5) is 0 Å². The van der Waals surface area contributed by atoms with Crippen LogP contribution in [0.5, 0.6) is 0 Å². The van der Waals surface area contributed by atoms with Crippen LogP contribution >= 0.6 is 0 Å². The van der Waals surface area contributed by atoms with E-state index in [0.29, 0.717) is 6.42 Å². The van der Waals surface area contributed by atoms with Crippen molar-refractivity contribution in [2.24, 2.45) is 0 Å². The standard InChI is InChI=1S/C16H20N2O2S/c1-3-12-21(19,20)18-16(15-8-10-17-11-9-15)14-6-4-13(2)5-7-14/h4-11,16,18H,3,12H2,1-2H3/t16-/m1/s1. The number of pyridine rings is 1. The summed E-state index contributed by atoms with van der Waals surface area (Å²) in [6, 6.07) is 11.2. The van der Waals surface area contributed by atoms with Crippen LogP contribution in [-0.2, 0) is 10.0 Å². The van der Waals surface area contributed by atoms with Gasteiger partial charge in [-0.3, -0.25) is 4.98 Å². The molecule has 2 rings (SSSR count). The van der Waals surface area contributed by atoms with E-state index in [-0.39, 0.29) is 11.8 Å². The Labute approximate surface area is 126 Å². The van der Waals surface area contributed by atoms with E-state index in [4.69, 9.17) is 0 Å². The summed E-state index contributed by atoms with van der Waals surface area (Å²) >= 11 is 0. The largest absolute Gasteiger partial charge is 0.265 e. The van der Waals surface area contributed by atoms with Crippen LogP contribution in [0, 0.1) is 6.92 Å². The van der Waals surface area contributed by atoms with Crippen molar-refractivity contribution in [1.29, 1.82) is 0 Å². The first kappa shape index (κ1) is 15.7. The highest BCUT2D eigenvalue weighted by Crippen LogP contribution is 2.23. The first-order valence-electron chi connectivity index (χ1n) is 6.98. The van der Waals surface area contributed by atoms with Crippen LogP contribution in [-0.4, -0.2) is 19.2 Å². The molecule has 0 saturated heterocycles. The fraction of sp³-hybridized carbons (Fsp3) is 0.312. The van der Waals surface area contributed by atoms with E-state index in [1.54, 1.807) is 12.4 Å². The third-order valence-corrected chi connectivity index (χ3v) is 4.76. The average Bonchev–Trinajstić information content (AvgIpc) is 2.47. The molecule has 0 bridgehead atoms. The highest BCUT2D eigenvalue weighted by atomic mass is 32.2. The average molecular weight is 304 g/mol. The van der Waals surface area contributed by atoms with Gasteiger partial charge in [-0.1, -0.05) is 36.8 Å². The number of rotatable bonds is 6. The lowest BCUT2D eigenvalue weighted by atomic mass is 10.00. The van der Waals surface area contributed by atoms with Gasteiger partial charge in [0.05, 0.1) is 11.8 Å². The van der Waals surface area contributed by atoms with Crippen molar-refractivity contribution >= 4 is 10.0 Å². The number of sulfonamides is 1. The van der Waals surface area contributed by atoms with Crippen LogP contribution in [0.3, 0.4) is 0 Å². The molecule has 2 aromatic rings. The summed E-state index contributed by atoms with van der Waals surface area (Å²) in [7, 11) is -3.31. The Morgan fingerprint density at radius 2 is 1.62 bits per heavy atom. The molecule has 5 heteroatoms. The molecule has 0 radical (unpaired) electrons. The van der Waals surface area contributed by atoms with E-state index in [9.17, 15) is 8.42 Å². The maximum absolute atomic E-state index is 12.1. The second-order valence-corrected chi connectivity index (χ2v) is 6.93. The lowest BCUT2D eigenvalue weighted by Crippen LogP contribution is -2.31. The molecule has 0 spiro atoms. The van der Waals surface area contributed by atoms with Crippen LogP contribution in [0.1, 0.15) is 36.1 Å². The fourth-order valence-electron chi connectivity index (χ4n) is 2.15. The lowest BCUT2D eigenvalue weighted by molar-refractivity contribution is 0.570. The van der Waals surface area contributed by atoms with Crippen molar-refractivity contribution in [3.8, 4) is 0 Å². The molecule has 0 fully saturated rings. The van der Waals surface area contributed by atoms with Gasteiger partial charge in [-0.05, 0) is 36.6 Å². The molecule has 4 nitrogen and oxygen atoms in total. The van der Waals surface area contributed by atoms with Gasteiger partial charge in [0.1, 0.15) is 0 Å². The summed E-state index contributed by atoms with van der Waals surface area (Å²) in [4.78, 5) is 3.99. The van der Waals surface area contributed by atoms with E-state index in [1.165, 1.54) is 0 Å². The molecule has 0 aliphatic carbocycles. The Bertz CT molecular complexity index is 667. The normalized spacial score (nSPS) is 13.0. The molecule has 0 aliphatic heterocycles. The Hall–Kier alpha value is -1.72. The zero-order valence-corrected chi connectivity index (χ0v) is 13.1. The van der Waals surface area contributed by atoms with Gasteiger partial charge in [0.2, 0.25) is 10.0 Å². The maximum Gasteiger partial charge on any atom is 0.212 e. The summed E-state index contributed by atoms with van der Waals surface area (Å²) in [5.41, 5.74) is 2.95. The summed E-state index contributed by atoms with van der Waals surface area (Å²) in [6.07, 6.45) is 3.93. The minimum Gasteiger partial charge on any atom is -0.265 e. The smallest absolute Gasteiger partial charge is 0.212 e. The molecule has 0 unspecified atom stereocenters. The Morgan fingerprint density at radius 1 is 1.05 bits per heavy atom. The summed E-state index contributed by atoms with van der Waals surface area (Å²) < 4.78 is 27.0. The predicted octanol–water partition coefficient (Wildman–Crippen LogP) is 2.81. The van der Waals surface area contributed by atoms with Gasteiger partial charge in [-0.15, -0.1) is 0 Å². The topological polar surface area (TPSA) is 59.1 Å². The van der Waals surface area contributed by atoms with E-state index >= 15 is 0 Å². The van der Waals surface area contributed by atoms with Crippen molar-refractivity contribution in [2.45, 2.75) is 26.3 Å². The Kier molecular flexibility index (Phi) is 5.09. The molecule has 1 N–H and O–H groups in total. The van der Waals surface area contributed by atoms with Gasteiger partial charge in [0.15, 0.2) is 0 Å². The van der Waals surface area contributed by atoms with Crippen molar-refractivity contribution in [2.75, 3.05) is 5.75 Å². The zero-order valence-electron chi connectivity index (χ0n) is 12.3. The van der Waals surface area contributed by atoms with Gasteiger partial charge in [-0.25, -0.2) is 13.1 Å². The first-order valence-corrected chi connectivity index (χ1v) is 8.63. The van der Waals surface area contributed by atoms with Crippen LogP contribution < -0.4 is 4.72 Å². The van der Waals surface area contributed by atoms with Crippen LogP contribution in [0.25, 0.3) is 0 Å². The highest BCUT2D eigenvalue weighted by Gasteiger charge is 2.20. The molecule has 1 aromatic carbocycles. The van der Waals surface area contributed by atoms with Crippen molar-refractivity contribution in [1.82, 2.24) is 9.71 Å². The fourth-order valence-corrected chi connectivity index (χ4v) is 3.44. The monoisotopic (exact) mass is 304 g/mol. The lowest BCUT2D eigenvalue weighted by Gasteiger charge is -2.19. The van der Waals surface area contributed by atoms with Crippen molar-refractivity contribution in [3.05, 3.63) is 65.5 Å². The SMILES string of the molecule is CCCS(=O)(=O)N[C@@H](c1ccncc1)c1ccc(C)cc1. The molecule has 0 aliphatic rings. The van der Waals surface area contributed by atoms with Gasteiger partial charge in [0, 0.05) is 12.4 Å². The highest BCUT2D eigenvalue weighted by molar-refractivity contribution is 7.89. The zero-order chi connectivity index (χ0) is 15.3. The van der Waals surface area contributed by atoms with Gasteiger partial charge in [-0.2, -0.15) is 0 Å². The third kappa shape index (κ3) is 4.37. The Balaban J connectivity index is 2.38. The van der Waals surface area contributed by atoms with Gasteiger partial charge < -0.3 is 0 Å². The first-order chi connectivity index (χ1) is 10.0. The molecule has 112 valence electrons. The van der Waals surface area contributed by atoms with E-state index in [2.05, 4.69) is 9.71 Å². The summed E-state index contributed by atoms with van der Waals surface area (Å²) in [5.74, 6) is 0.125. The van der Waals surface area contributed by atoms with Crippen molar-refractivity contribution < 1.29 is 8.42 Å². The van der Waals surface area contributed by atoms with E-state index in [0.717, 1.165) is 16.7 Å². The molecule has 0 saturated carbocycles. The number of hydrogen-bond donors (Lipinski definition) is 1. The number of aryl methyl sites for hydroxylation is 1.